The van der Waals surface area contributed by atoms with Crippen LogP contribution in [0.25, 0.3) is 32.7 Å². The molecule has 2 heterocycles. The Bertz CT molecular complexity index is 1010. The molecule has 0 amide bonds. The highest BCUT2D eigenvalue weighted by molar-refractivity contribution is 6.16. The summed E-state index contributed by atoms with van der Waals surface area (Å²) in [5, 5.41) is 23.5. The number of rotatable bonds is 0. The zero-order valence-corrected chi connectivity index (χ0v) is 9.11. The van der Waals surface area contributed by atoms with Crippen LogP contribution in [0.15, 0.2) is 29.1 Å². The smallest absolute Gasteiger partial charge is 0.196 e. The van der Waals surface area contributed by atoms with Crippen LogP contribution in [0, 0.1) is 5.41 Å². The van der Waals surface area contributed by atoms with Crippen molar-refractivity contribution in [2.24, 2.45) is 0 Å². The molecule has 0 atom stereocenters. The van der Waals surface area contributed by atoms with E-state index in [-0.39, 0.29) is 10.9 Å². The van der Waals surface area contributed by atoms with E-state index in [0.29, 0.717) is 27.3 Å². The summed E-state index contributed by atoms with van der Waals surface area (Å²) < 4.78 is 0. The zero-order chi connectivity index (χ0) is 12.3. The maximum Gasteiger partial charge on any atom is 0.196 e. The molecule has 0 spiro atoms. The lowest BCUT2D eigenvalue weighted by Gasteiger charge is -1.93. The quantitative estimate of drug-likeness (QED) is 0.423. The average molecular weight is 237 g/mol. The molecule has 6 heteroatoms. The molecule has 3 N–H and O–H groups in total. The lowest BCUT2D eigenvalue weighted by Crippen LogP contribution is -2.03. The normalized spacial score (nSPS) is 11.8. The number of H-pyrrole nitrogens is 2. The molecule has 0 bridgehead atoms. The van der Waals surface area contributed by atoms with E-state index in [4.69, 9.17) is 5.41 Å². The van der Waals surface area contributed by atoms with Gasteiger partial charge in [-0.2, -0.15) is 0 Å². The molecule has 86 valence electrons. The number of hydrogen-bond donors (Lipinski definition) is 3. The van der Waals surface area contributed by atoms with Crippen LogP contribution < -0.4 is 10.9 Å². The summed E-state index contributed by atoms with van der Waals surface area (Å²) in [7, 11) is 0. The van der Waals surface area contributed by atoms with E-state index in [1.54, 1.807) is 6.07 Å². The van der Waals surface area contributed by atoms with Gasteiger partial charge in [-0.3, -0.25) is 20.4 Å². The minimum absolute atomic E-state index is 0.0210. The summed E-state index contributed by atoms with van der Waals surface area (Å²) in [6.07, 6.45) is 0. The van der Waals surface area contributed by atoms with Gasteiger partial charge in [0.2, 0.25) is 0 Å². The lowest BCUT2D eigenvalue weighted by atomic mass is 10.2. The number of fused-ring (bicyclic) bond motifs is 5. The standard InChI is InChI=1S/C12H7N5O/c13-11-8-7-9(14-16-12(8)17-15-11)5-3-1-2-4-6(5)10(7)18/h1-4,13-14,16H. The summed E-state index contributed by atoms with van der Waals surface area (Å²) >= 11 is 0. The van der Waals surface area contributed by atoms with Crippen LogP contribution in [0.4, 0.5) is 0 Å². The third-order valence-corrected chi connectivity index (χ3v) is 3.20. The van der Waals surface area contributed by atoms with Crippen LogP contribution >= 0.6 is 0 Å². The second kappa shape index (κ2) is 2.92. The Hall–Kier alpha value is -2.76. The van der Waals surface area contributed by atoms with Crippen LogP contribution in [0.3, 0.4) is 0 Å². The van der Waals surface area contributed by atoms with E-state index in [1.807, 2.05) is 18.2 Å². The van der Waals surface area contributed by atoms with E-state index in [0.717, 1.165) is 5.39 Å². The van der Waals surface area contributed by atoms with Crippen LogP contribution in [0.1, 0.15) is 0 Å². The van der Waals surface area contributed by atoms with Gasteiger partial charge >= 0.3 is 0 Å². The van der Waals surface area contributed by atoms with Gasteiger partial charge in [0.15, 0.2) is 16.6 Å². The van der Waals surface area contributed by atoms with Gasteiger partial charge in [-0.05, 0) is 0 Å². The molecule has 0 fully saturated rings. The van der Waals surface area contributed by atoms with Crippen LogP contribution in [-0.4, -0.2) is 20.4 Å². The van der Waals surface area contributed by atoms with Gasteiger partial charge in [-0.1, -0.05) is 24.3 Å². The van der Waals surface area contributed by atoms with Crippen LogP contribution in [0.2, 0.25) is 0 Å². The summed E-state index contributed by atoms with van der Waals surface area (Å²) in [5.74, 6) is 0. The minimum atomic E-state index is -0.0841. The third-order valence-electron chi connectivity index (χ3n) is 3.20. The number of nitrogens with zero attached hydrogens (tertiary/aromatic N) is 2. The molecule has 2 aromatic carbocycles. The van der Waals surface area contributed by atoms with Crippen molar-refractivity contribution < 1.29 is 0 Å². The monoisotopic (exact) mass is 237 g/mol. The summed E-state index contributed by atoms with van der Waals surface area (Å²) in [5.41, 5.74) is 1.07. The minimum Gasteiger partial charge on any atom is -0.298 e. The summed E-state index contributed by atoms with van der Waals surface area (Å²) in [6.45, 7) is 0. The average Bonchev–Trinajstić information content (AvgIpc) is 2.91. The maximum atomic E-state index is 12.4. The molecule has 0 radical (unpaired) electrons. The Morgan fingerprint density at radius 3 is 2.61 bits per heavy atom. The highest BCUT2D eigenvalue weighted by atomic mass is 16.1. The predicted molar refractivity (Wildman–Crippen MR) is 66.6 cm³/mol. The van der Waals surface area contributed by atoms with Crippen LogP contribution in [-0.2, 0) is 0 Å². The second-order valence-corrected chi connectivity index (χ2v) is 4.15. The van der Waals surface area contributed by atoms with Crippen molar-refractivity contribution in [2.45, 2.75) is 0 Å². The number of benzene rings is 1. The van der Waals surface area contributed by atoms with Gasteiger partial charge in [-0.15, -0.1) is 10.2 Å². The van der Waals surface area contributed by atoms with Crippen molar-refractivity contribution in [3.8, 4) is 0 Å². The number of hydrogen-bond acceptors (Lipinski definition) is 4. The molecule has 4 rings (SSSR count). The van der Waals surface area contributed by atoms with Crippen molar-refractivity contribution in [1.29, 1.82) is 5.41 Å². The lowest BCUT2D eigenvalue weighted by molar-refractivity contribution is 0.995. The van der Waals surface area contributed by atoms with E-state index < -0.39 is 0 Å². The summed E-state index contributed by atoms with van der Waals surface area (Å²) in [6, 6.07) is 7.36. The highest BCUT2D eigenvalue weighted by Gasteiger charge is 2.15. The summed E-state index contributed by atoms with van der Waals surface area (Å²) in [4.78, 5) is 12.4. The molecule has 4 aromatic rings. The van der Waals surface area contributed by atoms with Gasteiger partial charge in [0.25, 0.3) is 0 Å². The fourth-order valence-corrected chi connectivity index (χ4v) is 2.41. The molecular weight excluding hydrogens is 230 g/mol. The molecule has 2 aromatic heterocycles. The van der Waals surface area contributed by atoms with Crippen LogP contribution in [0.5, 0.6) is 0 Å². The fourth-order valence-electron chi connectivity index (χ4n) is 2.41. The van der Waals surface area contributed by atoms with Gasteiger partial charge in [0, 0.05) is 10.8 Å². The Morgan fingerprint density at radius 2 is 1.78 bits per heavy atom. The fraction of sp³-hybridized carbons (Fsp3) is 0. The first-order valence-corrected chi connectivity index (χ1v) is 5.43. The first kappa shape index (κ1) is 9.29. The Morgan fingerprint density at radius 1 is 1.00 bits per heavy atom. The van der Waals surface area contributed by atoms with Crippen molar-refractivity contribution in [3.63, 3.8) is 0 Å². The Balaban J connectivity index is 2.51. The largest absolute Gasteiger partial charge is 0.298 e. The van der Waals surface area contributed by atoms with Crippen molar-refractivity contribution in [1.82, 2.24) is 20.4 Å². The topological polar surface area (TPSA) is 98.3 Å². The molecule has 0 unspecified atom stereocenters. The number of aromatic amines is 2. The Labute approximate surface area is 99.1 Å². The maximum absolute atomic E-state index is 12.4. The number of nitrogens with one attached hydrogen (secondary N) is 3. The SMILES string of the molecule is N=c1nnc2[nH][nH]c3c4ccccc4c(=O)c3c12. The van der Waals surface area contributed by atoms with Crippen molar-refractivity contribution >= 4 is 32.7 Å². The van der Waals surface area contributed by atoms with E-state index in [9.17, 15) is 4.79 Å². The van der Waals surface area contributed by atoms with Gasteiger partial charge < -0.3 is 0 Å². The van der Waals surface area contributed by atoms with Gasteiger partial charge in [0.05, 0.1) is 16.3 Å². The molecule has 0 saturated heterocycles. The van der Waals surface area contributed by atoms with Gasteiger partial charge in [0.1, 0.15) is 0 Å². The van der Waals surface area contributed by atoms with E-state index in [1.165, 1.54) is 0 Å². The van der Waals surface area contributed by atoms with Gasteiger partial charge in [-0.25, -0.2) is 0 Å². The van der Waals surface area contributed by atoms with E-state index in [2.05, 4.69) is 20.4 Å². The first-order valence-electron chi connectivity index (χ1n) is 5.43. The molecule has 0 aliphatic carbocycles. The highest BCUT2D eigenvalue weighted by Crippen LogP contribution is 2.24. The number of aromatic nitrogens is 4. The molecule has 18 heavy (non-hydrogen) atoms. The van der Waals surface area contributed by atoms with E-state index >= 15 is 0 Å². The first-order chi connectivity index (χ1) is 8.77. The molecule has 6 nitrogen and oxygen atoms in total. The molecule has 0 aliphatic rings. The van der Waals surface area contributed by atoms with Crippen molar-refractivity contribution in [3.05, 3.63) is 40.0 Å². The Kier molecular flexibility index (Phi) is 1.51. The predicted octanol–water partition coefficient (Wildman–Crippen LogP) is 0.870. The van der Waals surface area contributed by atoms with Crippen molar-refractivity contribution in [2.75, 3.05) is 0 Å². The third kappa shape index (κ3) is 0.928. The molecule has 0 saturated carbocycles. The molecular formula is C12H7N5O. The molecule has 0 aliphatic heterocycles. The second-order valence-electron chi connectivity index (χ2n) is 4.15. The zero-order valence-electron chi connectivity index (χ0n) is 9.11.